The smallest absolute Gasteiger partial charge is 0.224 e. The molecular weight excluding hydrogens is 396 g/mol. The Morgan fingerprint density at radius 3 is 2.29 bits per heavy atom. The first-order valence-electron chi connectivity index (χ1n) is 9.89. The summed E-state index contributed by atoms with van der Waals surface area (Å²) in [4.78, 5) is 9.96. The first-order chi connectivity index (χ1) is 14.8. The Bertz CT molecular complexity index is 1220. The summed E-state index contributed by atoms with van der Waals surface area (Å²) in [7, 11) is 3.80. The molecule has 0 saturated heterocycles. The number of pyridine rings is 2. The Morgan fingerprint density at radius 1 is 0.871 bits per heavy atom. The number of para-hydroxylation sites is 1. The summed E-state index contributed by atoms with van der Waals surface area (Å²) >= 11 is 0. The fourth-order valence-electron chi connectivity index (χ4n) is 3.35. The summed E-state index contributed by atoms with van der Waals surface area (Å²) < 4.78 is 29.5. The molecule has 0 N–H and O–H groups in total. The van der Waals surface area contributed by atoms with Crippen molar-refractivity contribution >= 4 is 5.69 Å². The monoisotopic (exact) mass is 419 g/mol. The first-order valence-corrected chi connectivity index (χ1v) is 9.89. The topological polar surface area (TPSA) is 46.8 Å². The molecule has 4 aromatic rings. The molecule has 0 unspecified atom stereocenters. The molecule has 0 atom stereocenters. The van der Waals surface area contributed by atoms with Crippen molar-refractivity contribution in [3.05, 3.63) is 90.1 Å². The molecule has 31 heavy (non-hydrogen) atoms. The lowest BCUT2D eigenvalue weighted by Gasteiger charge is -2.25. The molecule has 0 spiro atoms. The van der Waals surface area contributed by atoms with Gasteiger partial charge >= 0.3 is 0 Å². The number of anilines is 1. The third-order valence-electron chi connectivity index (χ3n) is 5.31. The van der Waals surface area contributed by atoms with Crippen LogP contribution in [0.2, 0.25) is 0 Å². The summed E-state index contributed by atoms with van der Waals surface area (Å²) in [6.07, 6.45) is 1.91. The van der Waals surface area contributed by atoms with Crippen LogP contribution in [0, 0.1) is 11.9 Å². The number of halogens is 2. The van der Waals surface area contributed by atoms with Gasteiger partial charge in [0.2, 0.25) is 11.9 Å². The third-order valence-corrected chi connectivity index (χ3v) is 5.31. The number of benzene rings is 1. The van der Waals surface area contributed by atoms with E-state index in [2.05, 4.69) is 4.98 Å². The lowest BCUT2D eigenvalue weighted by molar-refractivity contribution is 0.514. The second-order valence-electron chi connectivity index (χ2n) is 8.07. The minimum absolute atomic E-state index is 0.150. The van der Waals surface area contributed by atoms with Crippen molar-refractivity contribution in [1.82, 2.24) is 19.7 Å². The molecule has 3 heterocycles. The van der Waals surface area contributed by atoms with E-state index in [4.69, 9.17) is 10.1 Å². The molecule has 1 aromatic carbocycles. The standard InChI is InChI=1S/C24H23F2N5/c1-24(2,20-12-13-31(29-20)16-8-6-5-7-9-16)21-15-17(30(3)4)14-19(27-21)18-10-11-22(25)28-23(18)26/h5-15H,1-4H3. The molecule has 0 radical (unpaired) electrons. The van der Waals surface area contributed by atoms with Gasteiger partial charge in [-0.1, -0.05) is 18.2 Å². The predicted molar refractivity (Wildman–Crippen MR) is 117 cm³/mol. The van der Waals surface area contributed by atoms with Gasteiger partial charge in [-0.05, 0) is 56.3 Å². The molecule has 0 aliphatic rings. The molecule has 4 rings (SSSR count). The maximum Gasteiger partial charge on any atom is 0.224 e. The zero-order valence-corrected chi connectivity index (χ0v) is 17.8. The zero-order chi connectivity index (χ0) is 22.2. The minimum Gasteiger partial charge on any atom is -0.378 e. The fourth-order valence-corrected chi connectivity index (χ4v) is 3.35. The summed E-state index contributed by atoms with van der Waals surface area (Å²) in [6, 6.07) is 18.0. The van der Waals surface area contributed by atoms with Gasteiger partial charge in [0.05, 0.1) is 33.7 Å². The highest BCUT2D eigenvalue weighted by Crippen LogP contribution is 2.34. The van der Waals surface area contributed by atoms with Gasteiger partial charge in [-0.3, -0.25) is 4.98 Å². The van der Waals surface area contributed by atoms with Crippen LogP contribution in [0.4, 0.5) is 14.5 Å². The van der Waals surface area contributed by atoms with Crippen LogP contribution in [0.3, 0.4) is 0 Å². The lowest BCUT2D eigenvalue weighted by Crippen LogP contribution is -2.23. The summed E-state index contributed by atoms with van der Waals surface area (Å²) in [5.74, 6) is -1.75. The number of nitrogens with zero attached hydrogens (tertiary/aromatic N) is 5. The van der Waals surface area contributed by atoms with Crippen molar-refractivity contribution in [2.24, 2.45) is 0 Å². The van der Waals surface area contributed by atoms with E-state index in [0.29, 0.717) is 5.69 Å². The van der Waals surface area contributed by atoms with Gasteiger partial charge in [-0.15, -0.1) is 0 Å². The molecule has 158 valence electrons. The SMILES string of the molecule is CN(C)c1cc(-c2ccc(F)nc2F)nc(C(C)(C)c2ccn(-c3ccccc3)n2)c1. The largest absolute Gasteiger partial charge is 0.378 e. The fraction of sp³-hybridized carbons (Fsp3) is 0.208. The number of hydrogen-bond acceptors (Lipinski definition) is 4. The summed E-state index contributed by atoms with van der Waals surface area (Å²) in [5, 5.41) is 4.76. The maximum absolute atomic E-state index is 14.4. The Labute approximate surface area is 180 Å². The molecule has 0 amide bonds. The van der Waals surface area contributed by atoms with Gasteiger partial charge in [0.1, 0.15) is 0 Å². The normalized spacial score (nSPS) is 11.5. The summed E-state index contributed by atoms with van der Waals surface area (Å²) in [6.45, 7) is 4.05. The van der Waals surface area contributed by atoms with Crippen molar-refractivity contribution in [2.45, 2.75) is 19.3 Å². The van der Waals surface area contributed by atoms with Crippen LogP contribution >= 0.6 is 0 Å². The van der Waals surface area contributed by atoms with E-state index in [1.54, 1.807) is 6.07 Å². The number of aromatic nitrogens is 4. The van der Waals surface area contributed by atoms with Crippen molar-refractivity contribution in [1.29, 1.82) is 0 Å². The molecule has 0 aliphatic carbocycles. The van der Waals surface area contributed by atoms with E-state index < -0.39 is 17.3 Å². The van der Waals surface area contributed by atoms with E-state index in [1.807, 2.05) is 86.2 Å². The Balaban J connectivity index is 1.81. The molecule has 0 fully saturated rings. The first kappa shape index (κ1) is 20.7. The van der Waals surface area contributed by atoms with Gasteiger partial charge in [0.25, 0.3) is 0 Å². The van der Waals surface area contributed by atoms with E-state index in [1.165, 1.54) is 6.07 Å². The second kappa shape index (κ2) is 7.91. The van der Waals surface area contributed by atoms with Gasteiger partial charge in [0.15, 0.2) is 0 Å². The van der Waals surface area contributed by atoms with Gasteiger partial charge in [-0.2, -0.15) is 18.9 Å². The average molecular weight is 419 g/mol. The van der Waals surface area contributed by atoms with Gasteiger partial charge < -0.3 is 4.90 Å². The Hall–Kier alpha value is -3.61. The minimum atomic E-state index is -0.888. The highest BCUT2D eigenvalue weighted by atomic mass is 19.1. The second-order valence-corrected chi connectivity index (χ2v) is 8.07. The van der Waals surface area contributed by atoms with Crippen LogP contribution in [-0.4, -0.2) is 33.8 Å². The van der Waals surface area contributed by atoms with Crippen molar-refractivity contribution in [2.75, 3.05) is 19.0 Å². The van der Waals surface area contributed by atoms with E-state index in [0.717, 1.165) is 28.8 Å². The van der Waals surface area contributed by atoms with Crippen molar-refractivity contribution in [3.63, 3.8) is 0 Å². The molecule has 7 heteroatoms. The Kier molecular flexibility index (Phi) is 5.27. The number of rotatable bonds is 5. The molecule has 3 aromatic heterocycles. The van der Waals surface area contributed by atoms with E-state index in [9.17, 15) is 8.78 Å². The van der Waals surface area contributed by atoms with E-state index in [-0.39, 0.29) is 5.56 Å². The van der Waals surface area contributed by atoms with Crippen LogP contribution in [0.25, 0.3) is 16.9 Å². The highest BCUT2D eigenvalue weighted by Gasteiger charge is 2.29. The molecule has 5 nitrogen and oxygen atoms in total. The maximum atomic E-state index is 14.4. The molecule has 0 saturated carbocycles. The van der Waals surface area contributed by atoms with Gasteiger partial charge in [0, 0.05) is 26.0 Å². The van der Waals surface area contributed by atoms with Crippen LogP contribution in [0.1, 0.15) is 25.2 Å². The Morgan fingerprint density at radius 2 is 1.61 bits per heavy atom. The quantitative estimate of drug-likeness (QED) is 0.427. The predicted octanol–water partition coefficient (Wildman–Crippen LogP) is 5.00. The van der Waals surface area contributed by atoms with Crippen LogP contribution in [0.15, 0.2) is 66.9 Å². The summed E-state index contributed by atoms with van der Waals surface area (Å²) in [5.41, 5.74) is 3.32. The molecular formula is C24H23F2N5. The van der Waals surface area contributed by atoms with E-state index >= 15 is 0 Å². The molecule has 0 bridgehead atoms. The average Bonchev–Trinajstić information content (AvgIpc) is 3.25. The van der Waals surface area contributed by atoms with Crippen molar-refractivity contribution < 1.29 is 8.78 Å². The molecule has 0 aliphatic heterocycles. The third kappa shape index (κ3) is 4.03. The number of hydrogen-bond donors (Lipinski definition) is 0. The zero-order valence-electron chi connectivity index (χ0n) is 17.8. The lowest BCUT2D eigenvalue weighted by atomic mass is 9.84. The van der Waals surface area contributed by atoms with Crippen LogP contribution < -0.4 is 4.90 Å². The van der Waals surface area contributed by atoms with Crippen LogP contribution in [0.5, 0.6) is 0 Å². The van der Waals surface area contributed by atoms with Crippen molar-refractivity contribution in [3.8, 4) is 16.9 Å². The van der Waals surface area contributed by atoms with Gasteiger partial charge in [-0.25, -0.2) is 4.68 Å². The highest BCUT2D eigenvalue weighted by molar-refractivity contribution is 5.65. The van der Waals surface area contributed by atoms with Crippen LogP contribution in [-0.2, 0) is 5.41 Å².